The van der Waals surface area contributed by atoms with E-state index in [0.717, 1.165) is 28.7 Å². The molecule has 0 aliphatic rings. The highest BCUT2D eigenvalue weighted by Gasteiger charge is 2.17. The van der Waals surface area contributed by atoms with Crippen molar-refractivity contribution >= 4 is 16.9 Å². The SMILES string of the molecule is CCc1oc2ccccc2c1CN(C)CC(O)CC(=O)O. The minimum atomic E-state index is -0.987. The van der Waals surface area contributed by atoms with Crippen molar-refractivity contribution in [3.8, 4) is 0 Å². The monoisotopic (exact) mass is 291 g/mol. The van der Waals surface area contributed by atoms with Crippen molar-refractivity contribution in [2.45, 2.75) is 32.4 Å². The van der Waals surface area contributed by atoms with E-state index in [9.17, 15) is 9.90 Å². The molecule has 0 spiro atoms. The minimum Gasteiger partial charge on any atom is -0.481 e. The van der Waals surface area contributed by atoms with Crippen molar-refractivity contribution in [3.05, 3.63) is 35.6 Å². The number of carbonyl (C=O) groups is 1. The molecule has 2 N–H and O–H groups in total. The third-order valence-electron chi connectivity index (χ3n) is 3.46. The van der Waals surface area contributed by atoms with Crippen LogP contribution < -0.4 is 0 Å². The van der Waals surface area contributed by atoms with E-state index >= 15 is 0 Å². The first-order valence-electron chi connectivity index (χ1n) is 7.09. The third kappa shape index (κ3) is 3.83. The van der Waals surface area contributed by atoms with Crippen LogP contribution in [0.3, 0.4) is 0 Å². The summed E-state index contributed by atoms with van der Waals surface area (Å²) in [4.78, 5) is 12.5. The van der Waals surface area contributed by atoms with E-state index in [1.54, 1.807) is 0 Å². The van der Waals surface area contributed by atoms with Gasteiger partial charge in [-0.1, -0.05) is 25.1 Å². The number of hydrogen-bond acceptors (Lipinski definition) is 4. The molecule has 0 aliphatic carbocycles. The van der Waals surface area contributed by atoms with Gasteiger partial charge in [0.2, 0.25) is 0 Å². The van der Waals surface area contributed by atoms with Crippen LogP contribution in [0.5, 0.6) is 0 Å². The van der Waals surface area contributed by atoms with Crippen LogP contribution in [-0.2, 0) is 17.8 Å². The van der Waals surface area contributed by atoms with Crippen LogP contribution in [0.2, 0.25) is 0 Å². The van der Waals surface area contributed by atoms with Crippen molar-refractivity contribution in [2.75, 3.05) is 13.6 Å². The second-order valence-electron chi connectivity index (χ2n) is 5.30. The summed E-state index contributed by atoms with van der Waals surface area (Å²) in [6.07, 6.45) is -0.303. The Morgan fingerprint density at radius 1 is 1.38 bits per heavy atom. The summed E-state index contributed by atoms with van der Waals surface area (Å²) in [5, 5.41) is 19.5. The molecule has 114 valence electrons. The Morgan fingerprint density at radius 3 is 2.76 bits per heavy atom. The van der Waals surface area contributed by atoms with E-state index in [2.05, 4.69) is 0 Å². The van der Waals surface area contributed by atoms with E-state index in [1.165, 1.54) is 0 Å². The molecule has 1 unspecified atom stereocenters. The van der Waals surface area contributed by atoms with Gasteiger partial charge >= 0.3 is 5.97 Å². The molecule has 0 radical (unpaired) electrons. The molecule has 1 atom stereocenters. The number of furan rings is 1. The van der Waals surface area contributed by atoms with Crippen LogP contribution in [0.25, 0.3) is 11.0 Å². The number of aryl methyl sites for hydroxylation is 1. The van der Waals surface area contributed by atoms with E-state index < -0.39 is 12.1 Å². The third-order valence-corrected chi connectivity index (χ3v) is 3.46. The molecule has 2 rings (SSSR count). The van der Waals surface area contributed by atoms with Gasteiger partial charge in [0.1, 0.15) is 11.3 Å². The Bertz CT molecular complexity index is 620. The van der Waals surface area contributed by atoms with Crippen LogP contribution in [0.1, 0.15) is 24.7 Å². The Balaban J connectivity index is 2.13. The number of hydrogen-bond donors (Lipinski definition) is 2. The van der Waals surface area contributed by atoms with Crippen LogP contribution in [0, 0.1) is 0 Å². The largest absolute Gasteiger partial charge is 0.481 e. The van der Waals surface area contributed by atoms with Gasteiger partial charge in [0.05, 0.1) is 12.5 Å². The normalized spacial score (nSPS) is 13.0. The average Bonchev–Trinajstić information content (AvgIpc) is 2.76. The highest BCUT2D eigenvalue weighted by atomic mass is 16.4. The number of aliphatic hydroxyl groups excluding tert-OH is 1. The molecule has 0 saturated carbocycles. The summed E-state index contributed by atoms with van der Waals surface area (Å²) in [5.74, 6) is -0.0466. The Hall–Kier alpha value is -1.85. The first-order valence-corrected chi connectivity index (χ1v) is 7.09. The Morgan fingerprint density at radius 2 is 2.10 bits per heavy atom. The highest BCUT2D eigenvalue weighted by Crippen LogP contribution is 2.27. The van der Waals surface area contributed by atoms with Crippen molar-refractivity contribution < 1.29 is 19.4 Å². The number of rotatable bonds is 7. The number of fused-ring (bicyclic) bond motifs is 1. The molecule has 5 nitrogen and oxygen atoms in total. The van der Waals surface area contributed by atoms with Gasteiger partial charge in [-0.15, -0.1) is 0 Å². The van der Waals surface area contributed by atoms with Crippen LogP contribution in [0.4, 0.5) is 0 Å². The van der Waals surface area contributed by atoms with Crippen molar-refractivity contribution in [3.63, 3.8) is 0 Å². The molecule has 0 amide bonds. The zero-order valence-corrected chi connectivity index (χ0v) is 12.4. The van der Waals surface area contributed by atoms with Gasteiger partial charge in [-0.05, 0) is 13.1 Å². The number of aliphatic carboxylic acids is 1. The molecular formula is C16H21NO4. The second kappa shape index (κ2) is 6.74. The number of benzene rings is 1. The standard InChI is InChI=1S/C16H21NO4/c1-3-14-13(12-6-4-5-7-15(12)21-14)10-17(2)9-11(18)8-16(19)20/h4-7,11,18H,3,8-10H2,1-2H3,(H,19,20). The Kier molecular flexibility index (Phi) is 4.98. The fraction of sp³-hybridized carbons (Fsp3) is 0.438. The maximum absolute atomic E-state index is 10.6. The number of carboxylic acids is 1. The molecular weight excluding hydrogens is 270 g/mol. The van der Waals surface area contributed by atoms with Gasteiger partial charge in [0.25, 0.3) is 0 Å². The van der Waals surface area contributed by atoms with Gasteiger partial charge in [0.15, 0.2) is 0 Å². The molecule has 5 heteroatoms. The molecule has 0 fully saturated rings. The van der Waals surface area contributed by atoms with Crippen LogP contribution in [0.15, 0.2) is 28.7 Å². The topological polar surface area (TPSA) is 73.9 Å². The first-order chi connectivity index (χ1) is 10.0. The number of aliphatic hydroxyl groups is 1. The molecule has 1 aromatic heterocycles. The second-order valence-corrected chi connectivity index (χ2v) is 5.30. The number of para-hydroxylation sites is 1. The molecule has 1 heterocycles. The maximum atomic E-state index is 10.6. The molecule has 2 aromatic rings. The van der Waals surface area contributed by atoms with Crippen molar-refractivity contribution in [2.24, 2.45) is 0 Å². The lowest BCUT2D eigenvalue weighted by molar-refractivity contribution is -0.139. The van der Waals surface area contributed by atoms with Crippen molar-refractivity contribution in [1.29, 1.82) is 0 Å². The summed E-state index contributed by atoms with van der Waals surface area (Å²) in [6, 6.07) is 7.88. The van der Waals surface area contributed by atoms with E-state index in [4.69, 9.17) is 9.52 Å². The quantitative estimate of drug-likeness (QED) is 0.818. The van der Waals surface area contributed by atoms with E-state index in [1.807, 2.05) is 43.1 Å². The van der Waals surface area contributed by atoms with E-state index in [-0.39, 0.29) is 6.42 Å². The van der Waals surface area contributed by atoms with Gasteiger partial charge in [-0.3, -0.25) is 9.69 Å². The smallest absolute Gasteiger partial charge is 0.306 e. The van der Waals surface area contributed by atoms with Gasteiger partial charge in [0, 0.05) is 30.5 Å². The predicted octanol–water partition coefficient (Wildman–Crippen LogP) is 2.26. The summed E-state index contributed by atoms with van der Waals surface area (Å²) in [7, 11) is 1.87. The summed E-state index contributed by atoms with van der Waals surface area (Å²) in [6.45, 7) is 2.98. The zero-order valence-electron chi connectivity index (χ0n) is 12.4. The van der Waals surface area contributed by atoms with E-state index in [0.29, 0.717) is 13.1 Å². The first kappa shape index (κ1) is 15.5. The lowest BCUT2D eigenvalue weighted by Crippen LogP contribution is -2.30. The fourth-order valence-corrected chi connectivity index (χ4v) is 2.57. The van der Waals surface area contributed by atoms with Gasteiger partial charge in [-0.2, -0.15) is 0 Å². The lowest BCUT2D eigenvalue weighted by atomic mass is 10.1. The average molecular weight is 291 g/mol. The summed E-state index contributed by atoms with van der Waals surface area (Å²) >= 11 is 0. The van der Waals surface area contributed by atoms with Gasteiger partial charge in [-0.25, -0.2) is 0 Å². The fourth-order valence-electron chi connectivity index (χ4n) is 2.57. The van der Waals surface area contributed by atoms with Gasteiger partial charge < -0.3 is 14.6 Å². The summed E-state index contributed by atoms with van der Waals surface area (Å²) in [5.41, 5.74) is 1.97. The van der Waals surface area contributed by atoms with Crippen LogP contribution in [-0.4, -0.2) is 40.8 Å². The zero-order chi connectivity index (χ0) is 15.4. The molecule has 0 aliphatic heterocycles. The predicted molar refractivity (Wildman–Crippen MR) is 80.2 cm³/mol. The molecule has 0 saturated heterocycles. The lowest BCUT2D eigenvalue weighted by Gasteiger charge is -2.19. The van der Waals surface area contributed by atoms with Crippen molar-refractivity contribution in [1.82, 2.24) is 4.90 Å². The number of carboxylic acid groups (broad SMARTS) is 1. The molecule has 0 bridgehead atoms. The minimum absolute atomic E-state index is 0.239. The highest BCUT2D eigenvalue weighted by molar-refractivity contribution is 5.82. The molecule has 1 aromatic carbocycles. The number of likely N-dealkylation sites (N-methyl/N-ethyl adjacent to an activating group) is 1. The Labute approximate surface area is 123 Å². The maximum Gasteiger partial charge on any atom is 0.306 e. The molecule has 21 heavy (non-hydrogen) atoms. The number of nitrogens with zero attached hydrogens (tertiary/aromatic N) is 1. The summed E-state index contributed by atoms with van der Waals surface area (Å²) < 4.78 is 5.84. The van der Waals surface area contributed by atoms with Crippen LogP contribution >= 0.6 is 0 Å².